The molecule has 0 spiro atoms. The van der Waals surface area contributed by atoms with Crippen LogP contribution < -0.4 is 0 Å². The number of nitro groups is 1. The first-order valence-electron chi connectivity index (χ1n) is 5.12. The lowest BCUT2D eigenvalue weighted by molar-refractivity contribution is -0.385. The Labute approximate surface area is 101 Å². The summed E-state index contributed by atoms with van der Waals surface area (Å²) in [7, 11) is 0. The van der Waals surface area contributed by atoms with Crippen molar-refractivity contribution in [2.24, 2.45) is 0 Å². The minimum absolute atomic E-state index is 0.0502. The van der Waals surface area contributed by atoms with Crippen molar-refractivity contribution in [1.82, 2.24) is 24.5 Å². The minimum Gasteiger partial charge on any atom is -0.258 e. The first kappa shape index (κ1) is 11.7. The number of hydrogen-bond acceptors (Lipinski definition) is 6. The molecule has 0 N–H and O–H groups in total. The normalized spacial score (nSPS) is 10.3. The van der Waals surface area contributed by atoms with Crippen LogP contribution >= 0.6 is 0 Å². The molecule has 0 aliphatic rings. The predicted octanol–water partition coefficient (Wildman–Crippen LogP) is 0.572. The van der Waals surface area contributed by atoms with Gasteiger partial charge in [0.15, 0.2) is 0 Å². The summed E-state index contributed by atoms with van der Waals surface area (Å²) in [6, 6.07) is 1.77. The Balaban J connectivity index is 2.68. The lowest BCUT2D eigenvalue weighted by atomic mass is 10.4. The van der Waals surface area contributed by atoms with Crippen molar-refractivity contribution in [3.63, 3.8) is 0 Å². The molecule has 0 atom stereocenters. The molecule has 92 valence electrons. The third-order valence-electron chi connectivity index (χ3n) is 2.36. The van der Waals surface area contributed by atoms with E-state index in [1.54, 1.807) is 13.0 Å². The molecular formula is C9H9N7O2. The van der Waals surface area contributed by atoms with E-state index in [1.165, 1.54) is 15.7 Å². The summed E-state index contributed by atoms with van der Waals surface area (Å²) in [5.41, 5.74) is 0.164. The molecule has 0 saturated heterocycles. The van der Waals surface area contributed by atoms with Crippen LogP contribution in [0.3, 0.4) is 0 Å². The Morgan fingerprint density at radius 1 is 1.56 bits per heavy atom. The Hall–Kier alpha value is -2.76. The zero-order valence-corrected chi connectivity index (χ0v) is 9.73. The van der Waals surface area contributed by atoms with Gasteiger partial charge in [-0.05, 0) is 13.8 Å². The second-order valence-corrected chi connectivity index (χ2v) is 3.46. The van der Waals surface area contributed by atoms with Crippen LogP contribution in [0.25, 0.3) is 5.82 Å². The van der Waals surface area contributed by atoms with E-state index < -0.39 is 4.92 Å². The van der Waals surface area contributed by atoms with Crippen LogP contribution in [-0.4, -0.2) is 29.5 Å². The molecule has 0 fully saturated rings. The molecule has 9 nitrogen and oxygen atoms in total. The van der Waals surface area contributed by atoms with Gasteiger partial charge in [0.1, 0.15) is 18.1 Å². The summed E-state index contributed by atoms with van der Waals surface area (Å²) >= 11 is 0. The van der Waals surface area contributed by atoms with E-state index in [2.05, 4.69) is 15.2 Å². The van der Waals surface area contributed by atoms with Crippen molar-refractivity contribution in [1.29, 1.82) is 5.26 Å². The summed E-state index contributed by atoms with van der Waals surface area (Å²) in [4.78, 5) is 14.3. The fourth-order valence-corrected chi connectivity index (χ4v) is 1.64. The zero-order valence-electron chi connectivity index (χ0n) is 9.73. The first-order chi connectivity index (χ1) is 8.58. The maximum atomic E-state index is 11.0. The van der Waals surface area contributed by atoms with Crippen LogP contribution in [0, 0.1) is 28.4 Å². The van der Waals surface area contributed by atoms with Crippen LogP contribution in [0.4, 0.5) is 5.69 Å². The molecule has 2 aromatic heterocycles. The Morgan fingerprint density at radius 3 is 2.78 bits per heavy atom. The number of nitriles is 1. The van der Waals surface area contributed by atoms with E-state index in [0.29, 0.717) is 12.2 Å². The van der Waals surface area contributed by atoms with E-state index in [0.717, 1.165) is 0 Å². The highest BCUT2D eigenvalue weighted by Gasteiger charge is 2.27. The van der Waals surface area contributed by atoms with Gasteiger partial charge in [0.05, 0.1) is 4.92 Å². The molecule has 0 radical (unpaired) electrons. The molecule has 0 aliphatic heterocycles. The Bertz CT molecular complexity index is 648. The summed E-state index contributed by atoms with van der Waals surface area (Å²) in [6.45, 7) is 3.81. The zero-order chi connectivity index (χ0) is 13.3. The maximum absolute atomic E-state index is 11.0. The molecule has 2 heterocycles. The van der Waals surface area contributed by atoms with E-state index in [9.17, 15) is 10.1 Å². The SMILES string of the molecule is CCn1nc(C)c([N+](=O)[O-])c1-n1cnc(C#N)n1. The molecule has 0 amide bonds. The van der Waals surface area contributed by atoms with Crippen molar-refractivity contribution in [3.8, 4) is 11.9 Å². The van der Waals surface area contributed by atoms with Gasteiger partial charge in [0, 0.05) is 6.54 Å². The van der Waals surface area contributed by atoms with Crippen molar-refractivity contribution in [3.05, 3.63) is 28.0 Å². The van der Waals surface area contributed by atoms with Crippen molar-refractivity contribution < 1.29 is 4.92 Å². The number of hydrogen-bond donors (Lipinski definition) is 0. The molecule has 0 saturated carbocycles. The number of rotatable bonds is 3. The van der Waals surface area contributed by atoms with Crippen molar-refractivity contribution in [2.75, 3.05) is 0 Å². The molecule has 2 rings (SSSR count). The van der Waals surface area contributed by atoms with Gasteiger partial charge in [-0.15, -0.1) is 5.10 Å². The molecule has 18 heavy (non-hydrogen) atoms. The molecule has 0 aromatic carbocycles. The average Bonchev–Trinajstić information content (AvgIpc) is 2.91. The minimum atomic E-state index is -0.516. The van der Waals surface area contributed by atoms with Gasteiger partial charge in [-0.25, -0.2) is 9.67 Å². The third-order valence-corrected chi connectivity index (χ3v) is 2.36. The molecule has 0 aliphatic carbocycles. The van der Waals surface area contributed by atoms with E-state index in [-0.39, 0.29) is 17.3 Å². The van der Waals surface area contributed by atoms with Gasteiger partial charge in [-0.1, -0.05) is 0 Å². The highest BCUT2D eigenvalue weighted by molar-refractivity contribution is 5.50. The van der Waals surface area contributed by atoms with Gasteiger partial charge in [-0.3, -0.25) is 10.1 Å². The largest absolute Gasteiger partial charge is 0.336 e. The standard InChI is InChI=1S/C9H9N7O2/c1-3-14-9(8(16(17)18)6(2)12-14)15-5-11-7(4-10)13-15/h5H,3H2,1-2H3. The molecule has 0 unspecified atom stereocenters. The van der Waals surface area contributed by atoms with Crippen LogP contribution in [0.5, 0.6) is 0 Å². The molecule has 0 bridgehead atoms. The number of nitrogens with zero attached hydrogens (tertiary/aromatic N) is 7. The monoisotopic (exact) mass is 247 g/mol. The van der Waals surface area contributed by atoms with Crippen LogP contribution in [0.1, 0.15) is 18.4 Å². The second-order valence-electron chi connectivity index (χ2n) is 3.46. The second kappa shape index (κ2) is 4.25. The fraction of sp³-hybridized carbons (Fsp3) is 0.333. The lowest BCUT2D eigenvalue weighted by Crippen LogP contribution is -2.08. The van der Waals surface area contributed by atoms with Gasteiger partial charge in [0.2, 0.25) is 5.82 Å². The van der Waals surface area contributed by atoms with Crippen molar-refractivity contribution in [2.45, 2.75) is 20.4 Å². The topological polar surface area (TPSA) is 115 Å². The van der Waals surface area contributed by atoms with Gasteiger partial charge < -0.3 is 0 Å². The fourth-order valence-electron chi connectivity index (χ4n) is 1.64. The van der Waals surface area contributed by atoms with Crippen LogP contribution in [0.15, 0.2) is 6.33 Å². The molecule has 9 heteroatoms. The summed E-state index contributed by atoms with van der Waals surface area (Å²) in [6.07, 6.45) is 1.26. The number of aryl methyl sites for hydroxylation is 2. The van der Waals surface area contributed by atoms with Gasteiger partial charge in [-0.2, -0.15) is 15.0 Å². The Morgan fingerprint density at radius 2 is 2.28 bits per heavy atom. The lowest BCUT2D eigenvalue weighted by Gasteiger charge is -2.02. The van der Waals surface area contributed by atoms with E-state index in [4.69, 9.17) is 5.26 Å². The first-order valence-corrected chi connectivity index (χ1v) is 5.12. The van der Waals surface area contributed by atoms with E-state index in [1.807, 2.05) is 6.92 Å². The predicted molar refractivity (Wildman–Crippen MR) is 58.9 cm³/mol. The number of aromatic nitrogens is 5. The summed E-state index contributed by atoms with van der Waals surface area (Å²) < 4.78 is 2.64. The molecular weight excluding hydrogens is 238 g/mol. The summed E-state index contributed by atoms with van der Waals surface area (Å²) in [5.74, 6) is 0.153. The maximum Gasteiger partial charge on any atom is 0.336 e. The third kappa shape index (κ3) is 1.69. The summed E-state index contributed by atoms with van der Waals surface area (Å²) in [5, 5.41) is 27.6. The average molecular weight is 247 g/mol. The highest BCUT2D eigenvalue weighted by atomic mass is 16.6. The van der Waals surface area contributed by atoms with Gasteiger partial charge in [0.25, 0.3) is 5.82 Å². The molecule has 2 aromatic rings. The highest BCUT2D eigenvalue weighted by Crippen LogP contribution is 2.25. The van der Waals surface area contributed by atoms with Crippen LogP contribution in [0.2, 0.25) is 0 Å². The quantitative estimate of drug-likeness (QED) is 0.578. The van der Waals surface area contributed by atoms with Crippen LogP contribution in [-0.2, 0) is 6.54 Å². The van der Waals surface area contributed by atoms with Gasteiger partial charge >= 0.3 is 5.69 Å². The Kier molecular flexibility index (Phi) is 2.77. The van der Waals surface area contributed by atoms with E-state index >= 15 is 0 Å². The smallest absolute Gasteiger partial charge is 0.258 e. The van der Waals surface area contributed by atoms with Crippen molar-refractivity contribution >= 4 is 5.69 Å².